The van der Waals surface area contributed by atoms with Crippen molar-refractivity contribution in [3.05, 3.63) is 24.0 Å². The van der Waals surface area contributed by atoms with Crippen LogP contribution in [0.25, 0.3) is 11.4 Å². The number of piperidine rings is 2. The minimum absolute atomic E-state index is 0.0506. The predicted octanol–water partition coefficient (Wildman–Crippen LogP) is 2.72. The van der Waals surface area contributed by atoms with Crippen molar-refractivity contribution in [2.75, 3.05) is 31.5 Å². The van der Waals surface area contributed by atoms with Gasteiger partial charge in [-0.1, -0.05) is 0 Å². The molecular formula is C22H32FN7O4S. The first-order chi connectivity index (χ1) is 16.6. The molecule has 4 heterocycles. The third-order valence-corrected chi connectivity index (χ3v) is 9.16. The van der Waals surface area contributed by atoms with Crippen LogP contribution in [0.5, 0.6) is 0 Å². The Morgan fingerprint density at radius 3 is 2.37 bits per heavy atom. The highest BCUT2D eigenvalue weighted by Crippen LogP contribution is 2.28. The third kappa shape index (κ3) is 5.25. The number of nitrogens with zero attached hydrogens (tertiary/aromatic N) is 6. The molecule has 0 bridgehead atoms. The number of imidazole rings is 1. The maximum atomic E-state index is 14.6. The van der Waals surface area contributed by atoms with E-state index in [4.69, 9.17) is 5.11 Å². The Labute approximate surface area is 204 Å². The van der Waals surface area contributed by atoms with Gasteiger partial charge < -0.3 is 19.9 Å². The number of aromatic nitrogens is 4. The summed E-state index contributed by atoms with van der Waals surface area (Å²) in [7, 11) is -3.49. The number of hydrogen-bond donors (Lipinski definition) is 2. The smallest absolute Gasteiger partial charge is 0.407 e. The van der Waals surface area contributed by atoms with Crippen LogP contribution in [0.3, 0.4) is 0 Å². The fraction of sp³-hybridized carbons (Fsp3) is 0.636. The van der Waals surface area contributed by atoms with Crippen molar-refractivity contribution in [2.24, 2.45) is 0 Å². The molecule has 35 heavy (non-hydrogen) atoms. The van der Waals surface area contributed by atoms with Gasteiger partial charge in [0.15, 0.2) is 5.82 Å². The SMILES string of the molecule is Cc1ncc(-c2nc(NC3CCN(S(=O)(=O)C4CCN(C(=O)O)CC4)CC3)ncc2F)n1C(C)C. The fourth-order valence-corrected chi connectivity index (χ4v) is 6.84. The maximum absolute atomic E-state index is 14.6. The normalized spacial score (nSPS) is 18.8. The van der Waals surface area contributed by atoms with Crippen molar-refractivity contribution in [1.29, 1.82) is 0 Å². The molecule has 192 valence electrons. The largest absolute Gasteiger partial charge is 0.465 e. The Morgan fingerprint density at radius 2 is 1.77 bits per heavy atom. The summed E-state index contributed by atoms with van der Waals surface area (Å²) in [6.07, 6.45) is 3.48. The zero-order valence-corrected chi connectivity index (χ0v) is 21.0. The van der Waals surface area contributed by atoms with E-state index in [9.17, 15) is 17.6 Å². The number of halogens is 1. The number of nitrogens with one attached hydrogen (secondary N) is 1. The van der Waals surface area contributed by atoms with Crippen molar-refractivity contribution in [3.8, 4) is 11.4 Å². The second kappa shape index (κ2) is 10.1. The van der Waals surface area contributed by atoms with Crippen LogP contribution in [-0.4, -0.2) is 85.8 Å². The standard InChI is InChI=1S/C22H32FN7O4S/c1-14(2)30-15(3)24-13-19(30)20-18(23)12-25-21(27-20)26-16-4-10-29(11-5-16)35(33,34)17-6-8-28(9-7-17)22(31)32/h12-14,16-17H,4-11H2,1-3H3,(H,31,32)(H,25,26,27). The maximum Gasteiger partial charge on any atom is 0.407 e. The average molecular weight is 510 g/mol. The van der Waals surface area contributed by atoms with Crippen LogP contribution in [0.15, 0.2) is 12.4 Å². The summed E-state index contributed by atoms with van der Waals surface area (Å²) < 4.78 is 44.2. The summed E-state index contributed by atoms with van der Waals surface area (Å²) >= 11 is 0. The minimum Gasteiger partial charge on any atom is -0.465 e. The van der Waals surface area contributed by atoms with Crippen molar-refractivity contribution in [1.82, 2.24) is 28.7 Å². The molecule has 2 saturated heterocycles. The Morgan fingerprint density at radius 1 is 1.11 bits per heavy atom. The quantitative estimate of drug-likeness (QED) is 0.607. The summed E-state index contributed by atoms with van der Waals surface area (Å²) in [5.41, 5.74) is 0.750. The number of aryl methyl sites for hydroxylation is 1. The number of rotatable bonds is 6. The molecule has 11 nitrogen and oxygen atoms in total. The molecule has 0 saturated carbocycles. The van der Waals surface area contributed by atoms with Gasteiger partial charge in [-0.25, -0.2) is 36.9 Å². The van der Waals surface area contributed by atoms with Gasteiger partial charge in [-0.05, 0) is 46.5 Å². The van der Waals surface area contributed by atoms with Gasteiger partial charge in [0.05, 0.1) is 23.3 Å². The number of hydrogen-bond acceptors (Lipinski definition) is 7. The van der Waals surface area contributed by atoms with E-state index in [1.54, 1.807) is 6.20 Å². The van der Waals surface area contributed by atoms with E-state index >= 15 is 0 Å². The number of likely N-dealkylation sites (tertiary alicyclic amines) is 1. The second-order valence-electron chi connectivity index (χ2n) is 9.38. The Balaban J connectivity index is 1.39. The van der Waals surface area contributed by atoms with Gasteiger partial charge >= 0.3 is 6.09 Å². The molecule has 2 N–H and O–H groups in total. The lowest BCUT2D eigenvalue weighted by Crippen LogP contribution is -2.49. The summed E-state index contributed by atoms with van der Waals surface area (Å²) in [6, 6.07) is 0.0336. The molecular weight excluding hydrogens is 477 g/mol. The van der Waals surface area contributed by atoms with Crippen LogP contribution in [0.2, 0.25) is 0 Å². The van der Waals surface area contributed by atoms with E-state index < -0.39 is 27.2 Å². The summed E-state index contributed by atoms with van der Waals surface area (Å²) in [5, 5.41) is 11.8. The van der Waals surface area contributed by atoms with Crippen molar-refractivity contribution in [3.63, 3.8) is 0 Å². The molecule has 13 heteroatoms. The van der Waals surface area contributed by atoms with Gasteiger partial charge in [-0.2, -0.15) is 0 Å². The molecule has 2 aromatic heterocycles. The van der Waals surface area contributed by atoms with Crippen LogP contribution in [-0.2, 0) is 10.0 Å². The molecule has 0 aromatic carbocycles. The van der Waals surface area contributed by atoms with Gasteiger partial charge in [0, 0.05) is 38.3 Å². The van der Waals surface area contributed by atoms with E-state index in [2.05, 4.69) is 20.3 Å². The first-order valence-corrected chi connectivity index (χ1v) is 13.4. The topological polar surface area (TPSA) is 134 Å². The van der Waals surface area contributed by atoms with E-state index in [0.717, 1.165) is 12.0 Å². The van der Waals surface area contributed by atoms with Crippen molar-refractivity contribution >= 4 is 22.1 Å². The molecule has 2 aliphatic heterocycles. The number of carboxylic acid groups (broad SMARTS) is 1. The highest BCUT2D eigenvalue weighted by Gasteiger charge is 2.37. The van der Waals surface area contributed by atoms with Gasteiger partial charge in [0.2, 0.25) is 16.0 Å². The zero-order chi connectivity index (χ0) is 25.3. The highest BCUT2D eigenvalue weighted by atomic mass is 32.2. The highest BCUT2D eigenvalue weighted by molar-refractivity contribution is 7.89. The molecule has 2 aromatic rings. The molecule has 2 fully saturated rings. The monoisotopic (exact) mass is 509 g/mol. The molecule has 2 aliphatic rings. The molecule has 1 amide bonds. The van der Waals surface area contributed by atoms with Crippen LogP contribution < -0.4 is 5.32 Å². The molecule has 0 atom stereocenters. The van der Waals surface area contributed by atoms with E-state index in [1.807, 2.05) is 25.3 Å². The third-order valence-electron chi connectivity index (χ3n) is 6.77. The molecule has 0 spiro atoms. The number of amides is 1. The first kappa shape index (κ1) is 25.3. The lowest BCUT2D eigenvalue weighted by molar-refractivity contribution is 0.135. The van der Waals surface area contributed by atoms with E-state index in [-0.39, 0.29) is 36.8 Å². The van der Waals surface area contributed by atoms with Gasteiger partial charge in [-0.15, -0.1) is 0 Å². The van der Waals surface area contributed by atoms with Gasteiger partial charge in [0.25, 0.3) is 0 Å². The molecule has 4 rings (SSSR count). The summed E-state index contributed by atoms with van der Waals surface area (Å²) in [4.78, 5) is 25.2. The fourth-order valence-electron chi connectivity index (χ4n) is 4.89. The number of sulfonamides is 1. The Hall–Kier alpha value is -2.80. The molecule has 0 radical (unpaired) electrons. The van der Waals surface area contributed by atoms with Crippen LogP contribution in [0.1, 0.15) is 51.4 Å². The predicted molar refractivity (Wildman–Crippen MR) is 128 cm³/mol. The van der Waals surface area contributed by atoms with Crippen LogP contribution in [0.4, 0.5) is 15.1 Å². The lowest BCUT2D eigenvalue weighted by atomic mass is 10.1. The van der Waals surface area contributed by atoms with Crippen LogP contribution in [0, 0.1) is 12.7 Å². The summed E-state index contributed by atoms with van der Waals surface area (Å²) in [5.74, 6) is 0.523. The average Bonchev–Trinajstić information content (AvgIpc) is 3.22. The van der Waals surface area contributed by atoms with E-state index in [1.165, 1.54) is 9.21 Å². The summed E-state index contributed by atoms with van der Waals surface area (Å²) in [6.45, 7) is 7.02. The molecule has 0 aliphatic carbocycles. The van der Waals surface area contributed by atoms with Gasteiger partial charge in [-0.3, -0.25) is 0 Å². The molecule has 0 unspecified atom stereocenters. The van der Waals surface area contributed by atoms with Crippen LogP contribution >= 0.6 is 0 Å². The van der Waals surface area contributed by atoms with E-state index in [0.29, 0.717) is 44.5 Å². The zero-order valence-electron chi connectivity index (χ0n) is 20.2. The van der Waals surface area contributed by atoms with Crippen molar-refractivity contribution < 1.29 is 22.7 Å². The second-order valence-corrected chi connectivity index (χ2v) is 11.6. The minimum atomic E-state index is -3.49. The Kier molecular flexibility index (Phi) is 7.27. The van der Waals surface area contributed by atoms with Crippen molar-refractivity contribution in [2.45, 2.75) is 63.8 Å². The first-order valence-electron chi connectivity index (χ1n) is 11.9. The number of anilines is 1. The Bertz CT molecular complexity index is 1170. The number of carbonyl (C=O) groups is 1. The lowest BCUT2D eigenvalue weighted by Gasteiger charge is -2.36. The van der Waals surface area contributed by atoms with Gasteiger partial charge in [0.1, 0.15) is 11.5 Å².